The number of hydrogen-bond acceptors (Lipinski definition) is 6. The van der Waals surface area contributed by atoms with Crippen LogP contribution in [0.2, 0.25) is 0 Å². The van der Waals surface area contributed by atoms with Gasteiger partial charge in [0, 0.05) is 31.6 Å². The number of aliphatic hydroxyl groups is 1. The fraction of sp³-hybridized carbons (Fsp3) is 0.333. The quantitative estimate of drug-likeness (QED) is 0.551. The highest BCUT2D eigenvalue weighted by Gasteiger charge is 2.20. The van der Waals surface area contributed by atoms with Crippen LogP contribution in [0, 0.1) is 0 Å². The Kier molecular flexibility index (Phi) is 7.37. The molecule has 6 heteroatoms. The van der Waals surface area contributed by atoms with E-state index in [1.807, 2.05) is 54.6 Å². The minimum Gasteiger partial charge on any atom is -0.493 e. The van der Waals surface area contributed by atoms with Crippen LogP contribution in [0.1, 0.15) is 28.4 Å². The standard InChI is InChI=1S/C27H31NO5/c1-30-25-14-20(15-26(31-2)27(25)32-3)17-28-11-12-33-24-10-9-21(16-22(24)18-28)23(29)13-19-7-5-4-6-8-19/h4-10,14-16,23,29H,11-13,17-18H2,1-3H3/t23-/m1/s1. The van der Waals surface area contributed by atoms with E-state index >= 15 is 0 Å². The van der Waals surface area contributed by atoms with Crippen LogP contribution in [0.3, 0.4) is 0 Å². The van der Waals surface area contributed by atoms with Crippen molar-refractivity contribution in [3.63, 3.8) is 0 Å². The SMILES string of the molecule is COc1cc(CN2CCOc3ccc([C@H](O)Cc4ccccc4)cc3C2)cc(OC)c1OC. The summed E-state index contributed by atoms with van der Waals surface area (Å²) in [4.78, 5) is 2.32. The van der Waals surface area contributed by atoms with Gasteiger partial charge in [0.1, 0.15) is 12.4 Å². The normalized spacial score (nSPS) is 14.5. The highest BCUT2D eigenvalue weighted by atomic mass is 16.5. The number of aliphatic hydroxyl groups excluding tert-OH is 1. The summed E-state index contributed by atoms with van der Waals surface area (Å²) in [6.45, 7) is 2.81. The second-order valence-corrected chi connectivity index (χ2v) is 8.17. The Morgan fingerprint density at radius 1 is 0.909 bits per heavy atom. The Morgan fingerprint density at radius 2 is 1.64 bits per heavy atom. The number of ether oxygens (including phenoxy) is 4. The molecule has 0 aliphatic carbocycles. The van der Waals surface area contributed by atoms with Gasteiger partial charge in [0.25, 0.3) is 0 Å². The average Bonchev–Trinajstić information content (AvgIpc) is 3.04. The molecule has 0 saturated heterocycles. The first-order chi connectivity index (χ1) is 16.1. The minimum absolute atomic E-state index is 0.565. The summed E-state index contributed by atoms with van der Waals surface area (Å²) >= 11 is 0. The molecule has 3 aromatic rings. The van der Waals surface area contributed by atoms with Crippen LogP contribution in [0.5, 0.6) is 23.0 Å². The Labute approximate surface area is 195 Å². The maximum atomic E-state index is 10.8. The lowest BCUT2D eigenvalue weighted by Crippen LogP contribution is -2.25. The average molecular weight is 450 g/mol. The number of methoxy groups -OCH3 is 3. The largest absolute Gasteiger partial charge is 0.493 e. The first kappa shape index (κ1) is 23.0. The molecule has 33 heavy (non-hydrogen) atoms. The molecule has 6 nitrogen and oxygen atoms in total. The van der Waals surface area contributed by atoms with Gasteiger partial charge in [-0.1, -0.05) is 36.4 Å². The second kappa shape index (κ2) is 10.6. The molecular weight excluding hydrogens is 418 g/mol. The molecule has 0 amide bonds. The van der Waals surface area contributed by atoms with Gasteiger partial charge in [-0.2, -0.15) is 0 Å². The van der Waals surface area contributed by atoms with Crippen molar-refractivity contribution >= 4 is 0 Å². The molecule has 0 bridgehead atoms. The molecular formula is C27H31NO5. The highest BCUT2D eigenvalue weighted by Crippen LogP contribution is 2.39. The van der Waals surface area contributed by atoms with Crippen LogP contribution in [0.15, 0.2) is 60.7 Å². The van der Waals surface area contributed by atoms with Crippen LogP contribution in [-0.4, -0.2) is 44.5 Å². The molecule has 1 aliphatic rings. The zero-order valence-corrected chi connectivity index (χ0v) is 19.4. The van der Waals surface area contributed by atoms with E-state index in [0.29, 0.717) is 36.8 Å². The molecule has 0 unspecified atom stereocenters. The van der Waals surface area contributed by atoms with Crippen molar-refractivity contribution in [1.82, 2.24) is 4.90 Å². The molecule has 1 aliphatic heterocycles. The van der Waals surface area contributed by atoms with Crippen molar-refractivity contribution in [1.29, 1.82) is 0 Å². The van der Waals surface area contributed by atoms with Crippen molar-refractivity contribution in [3.05, 3.63) is 82.9 Å². The Bertz CT molecular complexity index is 1040. The lowest BCUT2D eigenvalue weighted by Gasteiger charge is -2.21. The number of hydrogen-bond donors (Lipinski definition) is 1. The van der Waals surface area contributed by atoms with Gasteiger partial charge in [-0.15, -0.1) is 0 Å². The van der Waals surface area contributed by atoms with E-state index in [1.54, 1.807) is 21.3 Å². The molecule has 4 rings (SSSR count). The lowest BCUT2D eigenvalue weighted by molar-refractivity contribution is 0.178. The predicted octanol–water partition coefficient (Wildman–Crippen LogP) is 4.38. The van der Waals surface area contributed by atoms with Crippen LogP contribution in [-0.2, 0) is 19.5 Å². The van der Waals surface area contributed by atoms with Gasteiger partial charge < -0.3 is 24.1 Å². The fourth-order valence-electron chi connectivity index (χ4n) is 4.25. The lowest BCUT2D eigenvalue weighted by atomic mass is 9.99. The van der Waals surface area contributed by atoms with Gasteiger partial charge in [-0.25, -0.2) is 0 Å². The van der Waals surface area contributed by atoms with Crippen molar-refractivity contribution in [3.8, 4) is 23.0 Å². The first-order valence-electron chi connectivity index (χ1n) is 11.1. The third-order valence-electron chi connectivity index (χ3n) is 5.93. The van der Waals surface area contributed by atoms with Gasteiger partial charge in [-0.3, -0.25) is 4.90 Å². The molecule has 0 aromatic heterocycles. The molecule has 0 radical (unpaired) electrons. The van der Waals surface area contributed by atoms with E-state index in [9.17, 15) is 5.11 Å². The third kappa shape index (κ3) is 5.41. The number of fused-ring (bicyclic) bond motifs is 1. The zero-order valence-electron chi connectivity index (χ0n) is 19.4. The molecule has 0 fully saturated rings. The van der Waals surface area contributed by atoms with E-state index in [2.05, 4.69) is 11.0 Å². The van der Waals surface area contributed by atoms with Crippen LogP contribution < -0.4 is 18.9 Å². The summed E-state index contributed by atoms with van der Waals surface area (Å²) in [5.74, 6) is 2.75. The fourth-order valence-corrected chi connectivity index (χ4v) is 4.25. The molecule has 174 valence electrons. The maximum absolute atomic E-state index is 10.8. The van der Waals surface area contributed by atoms with Gasteiger partial charge >= 0.3 is 0 Å². The molecule has 1 atom stereocenters. The van der Waals surface area contributed by atoms with E-state index in [-0.39, 0.29) is 0 Å². The third-order valence-corrected chi connectivity index (χ3v) is 5.93. The van der Waals surface area contributed by atoms with Crippen LogP contribution in [0.4, 0.5) is 0 Å². The number of rotatable bonds is 8. The summed E-state index contributed by atoms with van der Waals surface area (Å²) < 4.78 is 22.5. The second-order valence-electron chi connectivity index (χ2n) is 8.17. The maximum Gasteiger partial charge on any atom is 0.203 e. The van der Waals surface area contributed by atoms with Crippen molar-refractivity contribution in [2.45, 2.75) is 25.6 Å². The number of benzene rings is 3. The van der Waals surface area contributed by atoms with Gasteiger partial charge in [0.05, 0.1) is 27.4 Å². The molecule has 1 N–H and O–H groups in total. The van der Waals surface area contributed by atoms with Gasteiger partial charge in [0.2, 0.25) is 5.75 Å². The van der Waals surface area contributed by atoms with E-state index in [4.69, 9.17) is 18.9 Å². The van der Waals surface area contributed by atoms with Gasteiger partial charge in [0.15, 0.2) is 11.5 Å². The smallest absolute Gasteiger partial charge is 0.203 e. The van der Waals surface area contributed by atoms with E-state index in [1.165, 1.54) is 0 Å². The topological polar surface area (TPSA) is 60.4 Å². The monoisotopic (exact) mass is 449 g/mol. The summed E-state index contributed by atoms with van der Waals surface area (Å²) in [5, 5.41) is 10.8. The molecule has 0 spiro atoms. The van der Waals surface area contributed by atoms with Crippen molar-refractivity contribution in [2.24, 2.45) is 0 Å². The zero-order chi connectivity index (χ0) is 23.2. The van der Waals surface area contributed by atoms with Crippen molar-refractivity contribution in [2.75, 3.05) is 34.5 Å². The minimum atomic E-state index is -0.565. The molecule has 1 heterocycles. The van der Waals surface area contributed by atoms with E-state index in [0.717, 1.165) is 41.1 Å². The highest BCUT2D eigenvalue weighted by molar-refractivity contribution is 5.53. The number of nitrogens with zero attached hydrogens (tertiary/aromatic N) is 1. The van der Waals surface area contributed by atoms with Crippen LogP contribution >= 0.6 is 0 Å². The van der Waals surface area contributed by atoms with Gasteiger partial charge in [-0.05, 0) is 41.0 Å². The first-order valence-corrected chi connectivity index (χ1v) is 11.1. The Balaban J connectivity index is 1.52. The van der Waals surface area contributed by atoms with Crippen LogP contribution in [0.25, 0.3) is 0 Å². The Hall–Kier alpha value is -3.22. The summed E-state index contributed by atoms with van der Waals surface area (Å²) in [6.07, 6.45) is 0.0137. The summed E-state index contributed by atoms with van der Waals surface area (Å²) in [5.41, 5.74) is 4.15. The molecule has 3 aromatic carbocycles. The van der Waals surface area contributed by atoms with E-state index < -0.39 is 6.10 Å². The summed E-state index contributed by atoms with van der Waals surface area (Å²) in [6, 6.07) is 20.0. The Morgan fingerprint density at radius 3 is 2.30 bits per heavy atom. The molecule has 0 saturated carbocycles. The van der Waals surface area contributed by atoms with Crippen molar-refractivity contribution < 1.29 is 24.1 Å². The predicted molar refractivity (Wildman–Crippen MR) is 127 cm³/mol. The summed E-state index contributed by atoms with van der Waals surface area (Å²) in [7, 11) is 4.85.